The van der Waals surface area contributed by atoms with Gasteiger partial charge >= 0.3 is 5.97 Å². The topological polar surface area (TPSA) is 97.8 Å². The molecule has 0 radical (unpaired) electrons. The Morgan fingerprint density at radius 1 is 1.14 bits per heavy atom. The molecule has 4 heterocycles. The van der Waals surface area contributed by atoms with E-state index in [9.17, 15) is 14.7 Å². The third-order valence-electron chi connectivity index (χ3n) is 8.44. The number of likely N-dealkylation sites (tertiary alicyclic amines) is 2. The van der Waals surface area contributed by atoms with E-state index in [-0.39, 0.29) is 11.8 Å². The molecule has 2 saturated heterocycles. The van der Waals surface area contributed by atoms with Crippen molar-refractivity contribution in [2.45, 2.75) is 76.3 Å². The first-order valence-corrected chi connectivity index (χ1v) is 13.8. The highest BCUT2D eigenvalue weighted by Crippen LogP contribution is 2.31. The van der Waals surface area contributed by atoms with Gasteiger partial charge in [-0.2, -0.15) is 0 Å². The third-order valence-corrected chi connectivity index (χ3v) is 8.44. The molecule has 192 valence electrons. The fourth-order valence-corrected chi connectivity index (χ4v) is 6.04. The minimum Gasteiger partial charge on any atom is -0.480 e. The average Bonchev–Trinajstić information content (AvgIpc) is 3.63. The van der Waals surface area contributed by atoms with E-state index in [2.05, 4.69) is 32.6 Å². The number of nitrogens with zero attached hydrogens (tertiary/aromatic N) is 3. The van der Waals surface area contributed by atoms with Gasteiger partial charge in [0.15, 0.2) is 0 Å². The monoisotopic (exact) mass is 483 g/mol. The molecular formula is C27H41N5O3. The highest BCUT2D eigenvalue weighted by atomic mass is 16.4. The number of aryl methyl sites for hydroxylation is 2. The molecule has 1 saturated carbocycles. The Bertz CT molecular complexity index is 897. The Morgan fingerprint density at radius 3 is 2.74 bits per heavy atom. The Balaban J connectivity index is 1.02. The van der Waals surface area contributed by atoms with Crippen LogP contribution in [0.4, 0.5) is 5.82 Å². The van der Waals surface area contributed by atoms with Crippen LogP contribution in [0, 0.1) is 11.8 Å². The summed E-state index contributed by atoms with van der Waals surface area (Å²) in [5.41, 5.74) is 2.49. The minimum absolute atomic E-state index is 0.0459. The van der Waals surface area contributed by atoms with Gasteiger partial charge in [-0.15, -0.1) is 0 Å². The fourth-order valence-electron chi connectivity index (χ4n) is 6.04. The summed E-state index contributed by atoms with van der Waals surface area (Å²) in [5, 5.41) is 16.0. The maximum Gasteiger partial charge on any atom is 0.326 e. The van der Waals surface area contributed by atoms with Crippen LogP contribution in [0.2, 0.25) is 0 Å². The first-order chi connectivity index (χ1) is 17.0. The zero-order chi connectivity index (χ0) is 24.2. The molecule has 0 aromatic carbocycles. The number of carboxylic acid groups (broad SMARTS) is 1. The van der Waals surface area contributed by atoms with Crippen LogP contribution < -0.4 is 10.6 Å². The van der Waals surface area contributed by atoms with Gasteiger partial charge in [0.1, 0.15) is 11.9 Å². The summed E-state index contributed by atoms with van der Waals surface area (Å²) in [5.74, 6) is 0.651. The number of carboxylic acids is 1. The van der Waals surface area contributed by atoms with Crippen molar-refractivity contribution in [2.24, 2.45) is 11.8 Å². The second-order valence-electron chi connectivity index (χ2n) is 11.1. The van der Waals surface area contributed by atoms with E-state index in [4.69, 9.17) is 4.98 Å². The van der Waals surface area contributed by atoms with Gasteiger partial charge in [0.25, 0.3) is 0 Å². The van der Waals surface area contributed by atoms with Gasteiger partial charge in [-0.25, -0.2) is 9.78 Å². The van der Waals surface area contributed by atoms with E-state index in [1.165, 1.54) is 24.8 Å². The van der Waals surface area contributed by atoms with Gasteiger partial charge in [0, 0.05) is 37.3 Å². The number of pyridine rings is 1. The van der Waals surface area contributed by atoms with Crippen LogP contribution >= 0.6 is 0 Å². The van der Waals surface area contributed by atoms with Crippen molar-refractivity contribution in [3.63, 3.8) is 0 Å². The van der Waals surface area contributed by atoms with E-state index < -0.39 is 12.0 Å². The standard InChI is InChI=1S/C27H41N5O3/c33-26(21-10-16-32(17-11-21)23-7-8-23)30-24(27(34)35)12-15-31-14-9-19(18-31)3-5-22-6-4-20-2-1-13-28-25(20)29-22/h4,6,19,21,23-24H,1-3,5,7-18H2,(H,28,29)(H,30,33)(H,34,35)/t19-,24?/m0/s1. The summed E-state index contributed by atoms with van der Waals surface area (Å²) in [4.78, 5) is 34.3. The molecule has 3 N–H and O–H groups in total. The molecule has 1 aromatic heterocycles. The van der Waals surface area contributed by atoms with Gasteiger partial charge < -0.3 is 25.5 Å². The molecule has 2 atom stereocenters. The smallest absolute Gasteiger partial charge is 0.326 e. The number of amides is 1. The van der Waals surface area contributed by atoms with Crippen molar-refractivity contribution in [2.75, 3.05) is 44.6 Å². The quantitative estimate of drug-likeness (QED) is 0.470. The number of rotatable bonds is 10. The van der Waals surface area contributed by atoms with Crippen LogP contribution in [0.5, 0.6) is 0 Å². The SMILES string of the molecule is O=C(NC(CCN1CC[C@H](CCc2ccc3c(n2)NCCC3)C1)C(=O)O)C1CCN(C2CC2)CC1. The Labute approximate surface area is 208 Å². The van der Waals surface area contributed by atoms with Gasteiger partial charge in [0.05, 0.1) is 0 Å². The Morgan fingerprint density at radius 2 is 1.97 bits per heavy atom. The first kappa shape index (κ1) is 24.5. The summed E-state index contributed by atoms with van der Waals surface area (Å²) >= 11 is 0. The van der Waals surface area contributed by atoms with Crippen molar-refractivity contribution in [3.05, 3.63) is 23.4 Å². The normalized spacial score (nSPS) is 24.5. The van der Waals surface area contributed by atoms with Gasteiger partial charge in [-0.1, -0.05) is 6.07 Å². The molecular weight excluding hydrogens is 442 g/mol. The highest BCUT2D eigenvalue weighted by molar-refractivity contribution is 5.85. The average molecular weight is 484 g/mol. The lowest BCUT2D eigenvalue weighted by Gasteiger charge is -2.32. The number of hydrogen-bond donors (Lipinski definition) is 3. The Hall–Kier alpha value is -2.19. The van der Waals surface area contributed by atoms with Crippen molar-refractivity contribution in [3.8, 4) is 0 Å². The van der Waals surface area contributed by atoms with Crippen molar-refractivity contribution in [1.82, 2.24) is 20.1 Å². The van der Waals surface area contributed by atoms with E-state index in [1.54, 1.807) is 0 Å². The molecule has 1 amide bonds. The number of nitrogens with one attached hydrogen (secondary N) is 2. The lowest BCUT2D eigenvalue weighted by atomic mass is 9.95. The van der Waals surface area contributed by atoms with Gasteiger partial charge in [0.2, 0.25) is 5.91 Å². The molecule has 0 bridgehead atoms. The number of carbonyl (C=O) groups excluding carboxylic acids is 1. The lowest BCUT2D eigenvalue weighted by molar-refractivity contribution is -0.143. The van der Waals surface area contributed by atoms with E-state index in [0.29, 0.717) is 12.3 Å². The molecule has 0 spiro atoms. The molecule has 1 aromatic rings. The van der Waals surface area contributed by atoms with Crippen molar-refractivity contribution < 1.29 is 14.7 Å². The summed E-state index contributed by atoms with van der Waals surface area (Å²) in [6.07, 6.45) is 10.3. The van der Waals surface area contributed by atoms with Gasteiger partial charge in [-0.05, 0) is 101 Å². The summed E-state index contributed by atoms with van der Waals surface area (Å²) in [7, 11) is 0. The van der Waals surface area contributed by atoms with Crippen LogP contribution in [-0.2, 0) is 22.4 Å². The van der Waals surface area contributed by atoms with E-state index in [1.807, 2.05) is 0 Å². The third kappa shape index (κ3) is 6.53. The number of aromatic nitrogens is 1. The number of hydrogen-bond acceptors (Lipinski definition) is 6. The molecule has 8 heteroatoms. The summed E-state index contributed by atoms with van der Waals surface area (Å²) in [6, 6.07) is 4.34. The molecule has 1 aliphatic carbocycles. The zero-order valence-electron chi connectivity index (χ0n) is 20.9. The second kappa shape index (κ2) is 11.2. The molecule has 8 nitrogen and oxygen atoms in total. The molecule has 5 rings (SSSR count). The van der Waals surface area contributed by atoms with Gasteiger partial charge in [-0.3, -0.25) is 4.79 Å². The second-order valence-corrected chi connectivity index (χ2v) is 11.1. The predicted octanol–water partition coefficient (Wildman–Crippen LogP) is 2.53. The first-order valence-electron chi connectivity index (χ1n) is 13.8. The van der Waals surface area contributed by atoms with Crippen LogP contribution in [0.15, 0.2) is 12.1 Å². The molecule has 4 aliphatic rings. The fraction of sp³-hybridized carbons (Fsp3) is 0.741. The number of piperidine rings is 1. The molecule has 3 fully saturated rings. The number of aliphatic carboxylic acids is 1. The van der Waals surface area contributed by atoms with Crippen molar-refractivity contribution >= 4 is 17.7 Å². The number of anilines is 1. The van der Waals surface area contributed by atoms with Crippen LogP contribution in [0.3, 0.4) is 0 Å². The lowest BCUT2D eigenvalue weighted by Crippen LogP contribution is -2.47. The largest absolute Gasteiger partial charge is 0.480 e. The summed E-state index contributed by atoms with van der Waals surface area (Å²) < 4.78 is 0. The van der Waals surface area contributed by atoms with Crippen LogP contribution in [-0.4, -0.2) is 83.1 Å². The number of carbonyl (C=O) groups is 2. The number of fused-ring (bicyclic) bond motifs is 1. The molecule has 3 aliphatic heterocycles. The van der Waals surface area contributed by atoms with Crippen LogP contribution in [0.1, 0.15) is 62.6 Å². The Kier molecular flexibility index (Phi) is 7.88. The molecule has 1 unspecified atom stereocenters. The predicted molar refractivity (Wildman–Crippen MR) is 135 cm³/mol. The maximum absolute atomic E-state index is 12.7. The van der Waals surface area contributed by atoms with Crippen LogP contribution in [0.25, 0.3) is 0 Å². The molecule has 35 heavy (non-hydrogen) atoms. The summed E-state index contributed by atoms with van der Waals surface area (Å²) in [6.45, 7) is 5.67. The maximum atomic E-state index is 12.7. The van der Waals surface area contributed by atoms with E-state index >= 15 is 0 Å². The van der Waals surface area contributed by atoms with Crippen molar-refractivity contribution in [1.29, 1.82) is 0 Å². The minimum atomic E-state index is -0.920. The van der Waals surface area contributed by atoms with E-state index in [0.717, 1.165) is 95.3 Å². The highest BCUT2D eigenvalue weighted by Gasteiger charge is 2.35. The zero-order valence-corrected chi connectivity index (χ0v) is 20.9.